The van der Waals surface area contributed by atoms with Gasteiger partial charge in [-0.25, -0.2) is 12.8 Å². The van der Waals surface area contributed by atoms with Gasteiger partial charge in [0.25, 0.3) is 5.91 Å². The molecule has 1 aromatic carbocycles. The first-order valence-corrected chi connectivity index (χ1v) is 7.63. The molecule has 0 fully saturated rings. The van der Waals surface area contributed by atoms with Crippen LogP contribution in [-0.4, -0.2) is 44.8 Å². The molecular formula is C11H14FNO3S2. The lowest BCUT2D eigenvalue weighted by Crippen LogP contribution is -2.32. The summed E-state index contributed by atoms with van der Waals surface area (Å²) in [6.45, 7) is 0.0217. The number of sulfone groups is 1. The highest BCUT2D eigenvalue weighted by molar-refractivity contribution is 7.90. The van der Waals surface area contributed by atoms with Crippen molar-refractivity contribution in [1.29, 1.82) is 0 Å². The molecule has 1 amide bonds. The van der Waals surface area contributed by atoms with Crippen LogP contribution in [0, 0.1) is 5.82 Å². The minimum Gasteiger partial charge on any atom is -0.341 e. The Labute approximate surface area is 111 Å². The molecule has 100 valence electrons. The van der Waals surface area contributed by atoms with Crippen molar-refractivity contribution < 1.29 is 17.6 Å². The highest BCUT2D eigenvalue weighted by Crippen LogP contribution is 2.15. The van der Waals surface area contributed by atoms with Gasteiger partial charge in [-0.3, -0.25) is 4.79 Å². The molecule has 0 spiro atoms. The first kappa shape index (κ1) is 15.0. The number of amides is 1. The summed E-state index contributed by atoms with van der Waals surface area (Å²) in [4.78, 5) is 13.5. The fraction of sp³-hybridized carbons (Fsp3) is 0.364. The van der Waals surface area contributed by atoms with E-state index < -0.39 is 21.6 Å². The standard InChI is InChI=1S/C11H14FNO3S2/c1-13(5-6-18(2,15)16)11(14)9-7-8(17)3-4-10(9)12/h3-4,7,17H,5-6H2,1-2H3. The number of carbonyl (C=O) groups is 1. The third-order valence-corrected chi connectivity index (χ3v) is 3.53. The number of benzene rings is 1. The maximum absolute atomic E-state index is 13.5. The van der Waals surface area contributed by atoms with Gasteiger partial charge in [0.05, 0.1) is 11.3 Å². The average molecular weight is 291 g/mol. The van der Waals surface area contributed by atoms with Crippen molar-refractivity contribution in [2.75, 3.05) is 25.6 Å². The molecule has 0 aliphatic carbocycles. The topological polar surface area (TPSA) is 54.5 Å². The Morgan fingerprint density at radius 3 is 2.61 bits per heavy atom. The first-order chi connectivity index (χ1) is 8.20. The predicted molar refractivity (Wildman–Crippen MR) is 70.3 cm³/mol. The largest absolute Gasteiger partial charge is 0.341 e. The summed E-state index contributed by atoms with van der Waals surface area (Å²) in [6.07, 6.45) is 1.08. The second-order valence-electron chi connectivity index (χ2n) is 4.02. The van der Waals surface area contributed by atoms with Gasteiger partial charge in [0.2, 0.25) is 0 Å². The van der Waals surface area contributed by atoms with Crippen molar-refractivity contribution in [3.05, 3.63) is 29.6 Å². The van der Waals surface area contributed by atoms with E-state index in [4.69, 9.17) is 0 Å². The SMILES string of the molecule is CN(CCS(C)(=O)=O)C(=O)c1cc(S)ccc1F. The van der Waals surface area contributed by atoms with Crippen LogP contribution in [0.15, 0.2) is 23.1 Å². The van der Waals surface area contributed by atoms with E-state index in [2.05, 4.69) is 12.6 Å². The predicted octanol–water partition coefficient (Wildman–Crippen LogP) is 1.23. The monoisotopic (exact) mass is 291 g/mol. The summed E-state index contributed by atoms with van der Waals surface area (Å²) < 4.78 is 35.4. The molecule has 0 bridgehead atoms. The number of thiol groups is 1. The zero-order chi connectivity index (χ0) is 13.9. The van der Waals surface area contributed by atoms with Crippen LogP contribution in [0.2, 0.25) is 0 Å². The number of rotatable bonds is 4. The molecule has 0 heterocycles. The maximum atomic E-state index is 13.5. The molecule has 0 saturated carbocycles. The molecular weight excluding hydrogens is 277 g/mol. The summed E-state index contributed by atoms with van der Waals surface area (Å²) in [5.74, 6) is -1.37. The molecule has 1 rings (SSSR count). The van der Waals surface area contributed by atoms with E-state index >= 15 is 0 Å². The number of hydrogen-bond acceptors (Lipinski definition) is 4. The smallest absolute Gasteiger partial charge is 0.256 e. The third-order valence-electron chi connectivity index (χ3n) is 2.32. The van der Waals surface area contributed by atoms with Gasteiger partial charge >= 0.3 is 0 Å². The summed E-state index contributed by atoms with van der Waals surface area (Å²) in [6, 6.07) is 3.91. The summed E-state index contributed by atoms with van der Waals surface area (Å²) in [7, 11) is -1.73. The van der Waals surface area contributed by atoms with Crippen LogP contribution in [0.25, 0.3) is 0 Å². The summed E-state index contributed by atoms with van der Waals surface area (Å²) in [5.41, 5.74) is -0.112. The lowest BCUT2D eigenvalue weighted by molar-refractivity contribution is 0.0798. The van der Waals surface area contributed by atoms with Gasteiger partial charge in [0.1, 0.15) is 15.7 Å². The fourth-order valence-electron chi connectivity index (χ4n) is 1.29. The molecule has 0 unspecified atom stereocenters. The van der Waals surface area contributed by atoms with Crippen LogP contribution >= 0.6 is 12.6 Å². The van der Waals surface area contributed by atoms with Gasteiger partial charge in [-0.1, -0.05) is 0 Å². The number of nitrogens with zero attached hydrogens (tertiary/aromatic N) is 1. The van der Waals surface area contributed by atoms with E-state index in [1.54, 1.807) is 0 Å². The van der Waals surface area contributed by atoms with Gasteiger partial charge in [-0.15, -0.1) is 12.6 Å². The van der Waals surface area contributed by atoms with E-state index in [0.29, 0.717) is 4.90 Å². The second-order valence-corrected chi connectivity index (χ2v) is 6.80. The molecule has 0 N–H and O–H groups in total. The summed E-state index contributed by atoms with van der Waals surface area (Å²) in [5, 5.41) is 0. The number of hydrogen-bond donors (Lipinski definition) is 1. The van der Waals surface area contributed by atoms with Crippen molar-refractivity contribution in [3.63, 3.8) is 0 Å². The van der Waals surface area contributed by atoms with Crippen LogP contribution < -0.4 is 0 Å². The summed E-state index contributed by atoms with van der Waals surface area (Å²) >= 11 is 4.03. The van der Waals surface area contributed by atoms with Gasteiger partial charge < -0.3 is 4.90 Å². The van der Waals surface area contributed by atoms with Crippen molar-refractivity contribution >= 4 is 28.4 Å². The zero-order valence-corrected chi connectivity index (χ0v) is 11.8. The third kappa shape index (κ3) is 4.30. The van der Waals surface area contributed by atoms with E-state index in [0.717, 1.165) is 12.3 Å². The van der Waals surface area contributed by atoms with Gasteiger partial charge in [0.15, 0.2) is 0 Å². The van der Waals surface area contributed by atoms with E-state index in [1.165, 1.54) is 24.1 Å². The quantitative estimate of drug-likeness (QED) is 0.849. The molecule has 0 saturated heterocycles. The zero-order valence-electron chi connectivity index (χ0n) is 10.1. The average Bonchev–Trinajstić information content (AvgIpc) is 2.27. The van der Waals surface area contributed by atoms with Crippen LogP contribution in [0.1, 0.15) is 10.4 Å². The molecule has 18 heavy (non-hydrogen) atoms. The minimum absolute atomic E-state index is 0.0217. The minimum atomic E-state index is -3.16. The molecule has 7 heteroatoms. The maximum Gasteiger partial charge on any atom is 0.256 e. The lowest BCUT2D eigenvalue weighted by atomic mass is 10.2. The van der Waals surface area contributed by atoms with E-state index in [9.17, 15) is 17.6 Å². The highest BCUT2D eigenvalue weighted by Gasteiger charge is 2.17. The van der Waals surface area contributed by atoms with Crippen LogP contribution in [-0.2, 0) is 9.84 Å². The second kappa shape index (κ2) is 5.71. The molecule has 0 atom stereocenters. The number of carbonyl (C=O) groups excluding carboxylic acids is 1. The van der Waals surface area contributed by atoms with E-state index in [1.807, 2.05) is 0 Å². The van der Waals surface area contributed by atoms with Gasteiger partial charge in [-0.2, -0.15) is 0 Å². The Bertz CT molecular complexity index is 557. The van der Waals surface area contributed by atoms with Gasteiger partial charge in [0, 0.05) is 24.7 Å². The number of halogens is 1. The molecule has 0 aromatic heterocycles. The van der Waals surface area contributed by atoms with Crippen molar-refractivity contribution in [1.82, 2.24) is 4.90 Å². The molecule has 0 aliphatic rings. The Hall–Kier alpha value is -1.08. The van der Waals surface area contributed by atoms with E-state index in [-0.39, 0.29) is 17.9 Å². The van der Waals surface area contributed by atoms with Crippen molar-refractivity contribution in [2.24, 2.45) is 0 Å². The normalized spacial score (nSPS) is 11.3. The van der Waals surface area contributed by atoms with Crippen LogP contribution in [0.3, 0.4) is 0 Å². The highest BCUT2D eigenvalue weighted by atomic mass is 32.2. The lowest BCUT2D eigenvalue weighted by Gasteiger charge is -2.17. The Morgan fingerprint density at radius 2 is 2.06 bits per heavy atom. The molecule has 4 nitrogen and oxygen atoms in total. The Morgan fingerprint density at radius 1 is 1.44 bits per heavy atom. The fourth-order valence-corrected chi connectivity index (χ4v) is 2.10. The Balaban J connectivity index is 2.83. The first-order valence-electron chi connectivity index (χ1n) is 5.12. The Kier molecular flexibility index (Phi) is 4.75. The molecule has 1 aromatic rings. The van der Waals surface area contributed by atoms with Crippen molar-refractivity contribution in [3.8, 4) is 0 Å². The van der Waals surface area contributed by atoms with Crippen LogP contribution in [0.4, 0.5) is 4.39 Å². The van der Waals surface area contributed by atoms with Crippen LogP contribution in [0.5, 0.6) is 0 Å². The molecule has 0 radical (unpaired) electrons. The van der Waals surface area contributed by atoms with Gasteiger partial charge in [-0.05, 0) is 18.2 Å². The molecule has 0 aliphatic heterocycles. The van der Waals surface area contributed by atoms with Crippen molar-refractivity contribution in [2.45, 2.75) is 4.90 Å².